The van der Waals surface area contributed by atoms with E-state index in [9.17, 15) is 9.18 Å². The summed E-state index contributed by atoms with van der Waals surface area (Å²) in [6.45, 7) is 0.161. The van der Waals surface area contributed by atoms with Crippen molar-refractivity contribution < 1.29 is 19.0 Å². The number of rotatable bonds is 1. The van der Waals surface area contributed by atoms with Crippen LogP contribution in [0.2, 0.25) is 0 Å². The summed E-state index contributed by atoms with van der Waals surface area (Å²) < 4.78 is 18.0. The van der Waals surface area contributed by atoms with Gasteiger partial charge in [-0.05, 0) is 30.2 Å². The molecule has 74 valence electrons. The molecule has 4 heteroatoms. The van der Waals surface area contributed by atoms with Crippen LogP contribution in [0.3, 0.4) is 0 Å². The Labute approximate surface area is 80.1 Å². The number of carboxylic acid groups (broad SMARTS) is 1. The minimum atomic E-state index is -0.903. The highest BCUT2D eigenvalue weighted by atomic mass is 19.1. The van der Waals surface area contributed by atoms with E-state index < -0.39 is 11.9 Å². The van der Waals surface area contributed by atoms with Crippen LogP contribution in [0.15, 0.2) is 18.2 Å². The zero-order valence-electron chi connectivity index (χ0n) is 7.37. The Morgan fingerprint density at radius 3 is 3.07 bits per heavy atom. The molecule has 14 heavy (non-hydrogen) atoms. The molecule has 1 aliphatic heterocycles. The first-order chi connectivity index (χ1) is 6.66. The molecule has 1 aromatic carbocycles. The van der Waals surface area contributed by atoms with Crippen molar-refractivity contribution in [2.24, 2.45) is 5.92 Å². The fourth-order valence-corrected chi connectivity index (χ4v) is 1.52. The molecule has 1 N–H and O–H groups in total. The van der Waals surface area contributed by atoms with E-state index in [-0.39, 0.29) is 12.4 Å². The van der Waals surface area contributed by atoms with E-state index in [1.165, 1.54) is 18.2 Å². The molecule has 1 aromatic rings. The lowest BCUT2D eigenvalue weighted by Gasteiger charge is -2.22. The van der Waals surface area contributed by atoms with Crippen molar-refractivity contribution in [1.82, 2.24) is 0 Å². The Bertz CT molecular complexity index is 376. The fourth-order valence-electron chi connectivity index (χ4n) is 1.52. The molecule has 1 aliphatic rings. The number of fused-ring (bicyclic) bond motifs is 1. The highest BCUT2D eigenvalue weighted by Gasteiger charge is 2.25. The molecule has 0 saturated heterocycles. The molecule has 1 heterocycles. The highest BCUT2D eigenvalue weighted by molar-refractivity contribution is 5.71. The van der Waals surface area contributed by atoms with E-state index in [1.807, 2.05) is 0 Å². The first kappa shape index (κ1) is 8.99. The molecule has 0 bridgehead atoms. The van der Waals surface area contributed by atoms with Crippen LogP contribution in [0.25, 0.3) is 0 Å². The van der Waals surface area contributed by atoms with Gasteiger partial charge >= 0.3 is 5.97 Å². The van der Waals surface area contributed by atoms with Gasteiger partial charge in [0.25, 0.3) is 0 Å². The third-order valence-corrected chi connectivity index (χ3v) is 2.28. The SMILES string of the molecule is O=C(O)C1COc2ccc(F)cc2C1. The summed E-state index contributed by atoms with van der Waals surface area (Å²) in [5.41, 5.74) is 0.628. The summed E-state index contributed by atoms with van der Waals surface area (Å²) in [4.78, 5) is 10.7. The van der Waals surface area contributed by atoms with Crippen LogP contribution in [0, 0.1) is 11.7 Å². The molecule has 0 fully saturated rings. The van der Waals surface area contributed by atoms with Gasteiger partial charge in [-0.25, -0.2) is 4.39 Å². The minimum absolute atomic E-state index is 0.161. The molecule has 0 amide bonds. The monoisotopic (exact) mass is 196 g/mol. The van der Waals surface area contributed by atoms with E-state index >= 15 is 0 Å². The van der Waals surface area contributed by atoms with Crippen molar-refractivity contribution in [1.29, 1.82) is 0 Å². The van der Waals surface area contributed by atoms with Crippen LogP contribution in [0.1, 0.15) is 5.56 Å². The largest absolute Gasteiger partial charge is 0.492 e. The molecule has 0 aromatic heterocycles. The van der Waals surface area contributed by atoms with E-state index in [4.69, 9.17) is 9.84 Å². The number of aliphatic carboxylic acids is 1. The average Bonchev–Trinajstić information content (AvgIpc) is 2.16. The molecule has 0 spiro atoms. The number of carboxylic acids is 1. The molecule has 0 aliphatic carbocycles. The van der Waals surface area contributed by atoms with Gasteiger partial charge in [0.2, 0.25) is 0 Å². The van der Waals surface area contributed by atoms with E-state index in [2.05, 4.69) is 0 Å². The second kappa shape index (κ2) is 3.29. The first-order valence-corrected chi connectivity index (χ1v) is 4.31. The van der Waals surface area contributed by atoms with Gasteiger partial charge in [0.15, 0.2) is 0 Å². The van der Waals surface area contributed by atoms with Crippen molar-refractivity contribution in [2.75, 3.05) is 6.61 Å². The summed E-state index contributed by atoms with van der Waals surface area (Å²) in [6, 6.07) is 4.16. The fraction of sp³-hybridized carbons (Fsp3) is 0.300. The maximum Gasteiger partial charge on any atom is 0.310 e. The molecule has 3 nitrogen and oxygen atoms in total. The van der Waals surface area contributed by atoms with Crippen LogP contribution in [0.5, 0.6) is 5.75 Å². The van der Waals surface area contributed by atoms with Crippen molar-refractivity contribution in [3.05, 3.63) is 29.6 Å². The van der Waals surface area contributed by atoms with Gasteiger partial charge in [-0.1, -0.05) is 0 Å². The second-order valence-electron chi connectivity index (χ2n) is 3.30. The Balaban J connectivity index is 2.29. The summed E-state index contributed by atoms with van der Waals surface area (Å²) in [5.74, 6) is -1.24. The average molecular weight is 196 g/mol. The minimum Gasteiger partial charge on any atom is -0.492 e. The van der Waals surface area contributed by atoms with Gasteiger partial charge in [-0.2, -0.15) is 0 Å². The zero-order chi connectivity index (χ0) is 10.1. The summed E-state index contributed by atoms with van der Waals surface area (Å²) >= 11 is 0. The summed E-state index contributed by atoms with van der Waals surface area (Å²) in [7, 11) is 0. The molecule has 2 rings (SSSR count). The number of carbonyl (C=O) groups is 1. The number of ether oxygens (including phenoxy) is 1. The van der Waals surface area contributed by atoms with Gasteiger partial charge in [0, 0.05) is 0 Å². The Kier molecular flexibility index (Phi) is 2.11. The Morgan fingerprint density at radius 1 is 1.57 bits per heavy atom. The molecule has 0 saturated carbocycles. The second-order valence-corrected chi connectivity index (χ2v) is 3.30. The zero-order valence-corrected chi connectivity index (χ0v) is 7.37. The van der Waals surface area contributed by atoms with Gasteiger partial charge in [0.05, 0.1) is 5.92 Å². The van der Waals surface area contributed by atoms with E-state index in [0.717, 1.165) is 0 Å². The van der Waals surface area contributed by atoms with Crippen molar-refractivity contribution >= 4 is 5.97 Å². The van der Waals surface area contributed by atoms with Crippen molar-refractivity contribution in [2.45, 2.75) is 6.42 Å². The standard InChI is InChI=1S/C10H9FO3/c11-8-1-2-9-6(4-8)3-7(5-14-9)10(12)13/h1-2,4,7H,3,5H2,(H,12,13). The third kappa shape index (κ3) is 1.55. The van der Waals surface area contributed by atoms with Crippen LogP contribution in [0.4, 0.5) is 4.39 Å². The third-order valence-electron chi connectivity index (χ3n) is 2.28. The van der Waals surface area contributed by atoms with Gasteiger partial charge in [-0.15, -0.1) is 0 Å². The van der Waals surface area contributed by atoms with Gasteiger partial charge in [-0.3, -0.25) is 4.79 Å². The van der Waals surface area contributed by atoms with Gasteiger partial charge < -0.3 is 9.84 Å². The number of hydrogen-bond acceptors (Lipinski definition) is 2. The Morgan fingerprint density at radius 2 is 2.36 bits per heavy atom. The molecule has 1 unspecified atom stereocenters. The predicted molar refractivity (Wildman–Crippen MR) is 46.7 cm³/mol. The number of benzene rings is 1. The van der Waals surface area contributed by atoms with Crippen molar-refractivity contribution in [3.8, 4) is 5.75 Å². The van der Waals surface area contributed by atoms with Crippen LogP contribution in [-0.2, 0) is 11.2 Å². The first-order valence-electron chi connectivity index (χ1n) is 4.31. The maximum atomic E-state index is 12.8. The van der Waals surface area contributed by atoms with Crippen LogP contribution < -0.4 is 4.74 Å². The lowest BCUT2D eigenvalue weighted by atomic mass is 9.97. The smallest absolute Gasteiger partial charge is 0.310 e. The van der Waals surface area contributed by atoms with Crippen molar-refractivity contribution in [3.63, 3.8) is 0 Å². The topological polar surface area (TPSA) is 46.5 Å². The summed E-state index contributed by atoms with van der Waals surface area (Å²) in [6.07, 6.45) is 0.336. The van der Waals surface area contributed by atoms with E-state index in [0.29, 0.717) is 17.7 Å². The number of halogens is 1. The summed E-state index contributed by atoms with van der Waals surface area (Å²) in [5, 5.41) is 8.76. The maximum absolute atomic E-state index is 12.8. The lowest BCUT2D eigenvalue weighted by Crippen LogP contribution is -2.27. The molecule has 0 radical (unpaired) electrons. The molecular weight excluding hydrogens is 187 g/mol. The highest BCUT2D eigenvalue weighted by Crippen LogP contribution is 2.27. The number of hydrogen-bond donors (Lipinski definition) is 1. The van der Waals surface area contributed by atoms with E-state index in [1.54, 1.807) is 0 Å². The molecular formula is C10H9FO3. The van der Waals surface area contributed by atoms with Gasteiger partial charge in [0.1, 0.15) is 18.2 Å². The lowest BCUT2D eigenvalue weighted by molar-refractivity contribution is -0.143. The molecule has 1 atom stereocenters. The predicted octanol–water partition coefficient (Wildman–Crippen LogP) is 1.46. The normalized spacial score (nSPS) is 19.6. The van der Waals surface area contributed by atoms with Crippen LogP contribution in [-0.4, -0.2) is 17.7 Å². The Hall–Kier alpha value is -1.58. The quantitative estimate of drug-likeness (QED) is 0.739. The van der Waals surface area contributed by atoms with Crippen LogP contribution >= 0.6 is 0 Å².